The summed E-state index contributed by atoms with van der Waals surface area (Å²) < 4.78 is 5.43. The van der Waals surface area contributed by atoms with Crippen molar-refractivity contribution in [2.45, 2.75) is 62.9 Å². The molecule has 0 radical (unpaired) electrons. The van der Waals surface area contributed by atoms with E-state index in [0.29, 0.717) is 23.7 Å². The second-order valence-corrected chi connectivity index (χ2v) is 11.5. The first-order valence-electron chi connectivity index (χ1n) is 13.6. The van der Waals surface area contributed by atoms with Gasteiger partial charge in [-0.05, 0) is 53.8 Å². The molecule has 1 atom stereocenters. The van der Waals surface area contributed by atoms with Crippen LogP contribution in [-0.2, 0) is 28.3 Å². The van der Waals surface area contributed by atoms with Crippen molar-refractivity contribution >= 4 is 35.2 Å². The topological polar surface area (TPSA) is 58.6 Å². The number of thioether (sulfide) groups is 1. The summed E-state index contributed by atoms with van der Waals surface area (Å²) in [6.45, 7) is 0.323. The van der Waals surface area contributed by atoms with Crippen molar-refractivity contribution in [3.05, 3.63) is 101 Å². The summed E-state index contributed by atoms with van der Waals surface area (Å²) in [5.74, 6) is 1.50. The molecule has 0 unspecified atom stereocenters. The van der Waals surface area contributed by atoms with Gasteiger partial charge in [0.1, 0.15) is 11.8 Å². The zero-order valence-electron chi connectivity index (χ0n) is 22.5. The summed E-state index contributed by atoms with van der Waals surface area (Å²) >= 11 is 7.68. The molecule has 2 amide bonds. The second kappa shape index (κ2) is 15.0. The fourth-order valence-electron chi connectivity index (χ4n) is 5.03. The van der Waals surface area contributed by atoms with E-state index < -0.39 is 6.04 Å². The number of nitrogens with one attached hydrogen (secondary N) is 1. The number of benzene rings is 3. The van der Waals surface area contributed by atoms with E-state index in [0.717, 1.165) is 48.1 Å². The Bertz CT molecular complexity index is 1220. The molecule has 5 nitrogen and oxygen atoms in total. The van der Waals surface area contributed by atoms with Crippen LogP contribution >= 0.6 is 23.4 Å². The Morgan fingerprint density at radius 1 is 0.949 bits per heavy atom. The molecular formula is C32H37ClN2O3S. The van der Waals surface area contributed by atoms with Crippen molar-refractivity contribution in [3.63, 3.8) is 0 Å². The second-order valence-electron chi connectivity index (χ2n) is 10.0. The summed E-state index contributed by atoms with van der Waals surface area (Å²) in [7, 11) is 1.63. The van der Waals surface area contributed by atoms with E-state index in [1.165, 1.54) is 18.2 Å². The average Bonchev–Trinajstić information content (AvgIpc) is 2.96. The lowest BCUT2D eigenvalue weighted by Gasteiger charge is -2.33. The Labute approximate surface area is 241 Å². The van der Waals surface area contributed by atoms with Gasteiger partial charge >= 0.3 is 0 Å². The number of hydrogen-bond acceptors (Lipinski definition) is 4. The number of carbonyl (C=O) groups excluding carboxylic acids is 2. The minimum atomic E-state index is -0.625. The molecule has 3 aromatic carbocycles. The van der Waals surface area contributed by atoms with Crippen LogP contribution in [0.1, 0.15) is 48.8 Å². The lowest BCUT2D eigenvalue weighted by molar-refractivity contribution is -0.139. The normalized spacial score (nSPS) is 14.4. The lowest BCUT2D eigenvalue weighted by atomic mass is 9.94. The first-order valence-corrected chi connectivity index (χ1v) is 15.1. The predicted octanol–water partition coefficient (Wildman–Crippen LogP) is 6.67. The highest BCUT2D eigenvalue weighted by atomic mass is 35.5. The molecule has 39 heavy (non-hydrogen) atoms. The highest BCUT2D eigenvalue weighted by Crippen LogP contribution is 2.23. The number of nitrogens with zero attached hydrogens (tertiary/aromatic N) is 1. The maximum Gasteiger partial charge on any atom is 0.243 e. The van der Waals surface area contributed by atoms with Gasteiger partial charge in [-0.15, -0.1) is 11.8 Å². The van der Waals surface area contributed by atoms with Crippen LogP contribution < -0.4 is 10.1 Å². The van der Waals surface area contributed by atoms with E-state index in [9.17, 15) is 9.59 Å². The molecule has 1 saturated carbocycles. The first kappa shape index (κ1) is 29.0. The van der Waals surface area contributed by atoms with E-state index in [4.69, 9.17) is 16.3 Å². The molecule has 0 aromatic heterocycles. The molecule has 3 aromatic rings. The lowest BCUT2D eigenvalue weighted by Crippen LogP contribution is -2.53. The third kappa shape index (κ3) is 9.04. The summed E-state index contributed by atoms with van der Waals surface area (Å²) in [5, 5.41) is 3.97. The molecule has 1 fully saturated rings. The smallest absolute Gasteiger partial charge is 0.243 e. The number of rotatable bonds is 12. The van der Waals surface area contributed by atoms with Crippen molar-refractivity contribution in [3.8, 4) is 5.75 Å². The Hall–Kier alpha value is -2.96. The minimum Gasteiger partial charge on any atom is -0.497 e. The van der Waals surface area contributed by atoms with Gasteiger partial charge in [0.2, 0.25) is 11.8 Å². The average molecular weight is 565 g/mol. The van der Waals surface area contributed by atoms with Crippen molar-refractivity contribution in [1.29, 1.82) is 0 Å². The molecule has 0 bridgehead atoms. The predicted molar refractivity (Wildman–Crippen MR) is 160 cm³/mol. The number of amides is 2. The maximum atomic E-state index is 13.9. The molecule has 7 heteroatoms. The zero-order valence-corrected chi connectivity index (χ0v) is 24.1. The van der Waals surface area contributed by atoms with Crippen molar-refractivity contribution in [2.75, 3.05) is 12.9 Å². The van der Waals surface area contributed by atoms with Gasteiger partial charge in [0, 0.05) is 29.8 Å². The summed E-state index contributed by atoms with van der Waals surface area (Å²) in [5.41, 5.74) is 3.01. The molecule has 0 spiro atoms. The van der Waals surface area contributed by atoms with Gasteiger partial charge in [0.05, 0.1) is 12.9 Å². The highest BCUT2D eigenvalue weighted by Gasteiger charge is 2.32. The molecule has 1 aliphatic carbocycles. The number of carbonyl (C=O) groups is 2. The van der Waals surface area contributed by atoms with Crippen molar-refractivity contribution in [1.82, 2.24) is 10.2 Å². The fraction of sp³-hybridized carbons (Fsp3) is 0.375. The van der Waals surface area contributed by atoms with E-state index in [-0.39, 0.29) is 23.6 Å². The maximum absolute atomic E-state index is 13.9. The molecule has 206 valence electrons. The summed E-state index contributed by atoms with van der Waals surface area (Å²) in [6.07, 6.45) is 5.90. The molecule has 0 aliphatic heterocycles. The third-order valence-electron chi connectivity index (χ3n) is 7.09. The number of ether oxygens (including phenoxy) is 1. The van der Waals surface area contributed by atoms with Crippen LogP contribution in [0.5, 0.6) is 5.75 Å². The van der Waals surface area contributed by atoms with Crippen LogP contribution in [0.3, 0.4) is 0 Å². The molecule has 4 rings (SSSR count). The first-order chi connectivity index (χ1) is 19.0. The van der Waals surface area contributed by atoms with Gasteiger partial charge < -0.3 is 15.0 Å². The summed E-state index contributed by atoms with van der Waals surface area (Å²) in [6, 6.07) is 24.9. The standard InChI is InChI=1S/C32H37ClN2O3S/c1-38-29-17-9-12-25(19-29)21-35(31(36)23-39-22-26-13-8-14-27(33)18-26)30(20-24-10-4-2-5-11-24)32(37)34-28-15-6-3-7-16-28/h2,4-5,8-14,17-19,28,30H,3,6-7,15-16,20-23H2,1H3,(H,34,37)/t30-/m0/s1. The van der Waals surface area contributed by atoms with Crippen molar-refractivity contribution < 1.29 is 14.3 Å². The van der Waals surface area contributed by atoms with Crippen LogP contribution in [0.15, 0.2) is 78.9 Å². The molecular weight excluding hydrogens is 528 g/mol. The zero-order chi connectivity index (χ0) is 27.5. The van der Waals surface area contributed by atoms with E-state index >= 15 is 0 Å². The molecule has 0 saturated heterocycles. The fourth-order valence-corrected chi connectivity index (χ4v) is 6.10. The quantitative estimate of drug-likeness (QED) is 0.267. The van der Waals surface area contributed by atoms with Gasteiger partial charge in [-0.1, -0.05) is 85.5 Å². The van der Waals surface area contributed by atoms with Gasteiger partial charge in [0.25, 0.3) is 0 Å². The van der Waals surface area contributed by atoms with Gasteiger partial charge in [-0.3, -0.25) is 9.59 Å². The number of halogens is 1. The van der Waals surface area contributed by atoms with Gasteiger partial charge in [-0.2, -0.15) is 0 Å². The largest absolute Gasteiger partial charge is 0.497 e. The van der Waals surface area contributed by atoms with Crippen LogP contribution in [0.2, 0.25) is 5.02 Å². The SMILES string of the molecule is COc1cccc(CN(C(=O)CSCc2cccc(Cl)c2)[C@@H](Cc2ccccc2)C(=O)NC2CCCCC2)c1. The summed E-state index contributed by atoms with van der Waals surface area (Å²) in [4.78, 5) is 29.5. The monoisotopic (exact) mass is 564 g/mol. The molecule has 1 aliphatic rings. The minimum absolute atomic E-state index is 0.0652. The van der Waals surface area contributed by atoms with E-state index in [1.54, 1.807) is 12.0 Å². The Morgan fingerprint density at radius 2 is 1.67 bits per heavy atom. The van der Waals surface area contributed by atoms with E-state index in [1.807, 2.05) is 78.9 Å². The molecule has 1 N–H and O–H groups in total. The molecule has 0 heterocycles. The Balaban J connectivity index is 1.58. The van der Waals surface area contributed by atoms with Crippen LogP contribution in [-0.4, -0.2) is 41.7 Å². The Kier molecular flexibility index (Phi) is 11.2. The highest BCUT2D eigenvalue weighted by molar-refractivity contribution is 7.99. The number of hydrogen-bond donors (Lipinski definition) is 1. The van der Waals surface area contributed by atoms with E-state index in [2.05, 4.69) is 5.32 Å². The number of methoxy groups -OCH3 is 1. The van der Waals surface area contributed by atoms with Crippen LogP contribution in [0.4, 0.5) is 0 Å². The van der Waals surface area contributed by atoms with Crippen LogP contribution in [0, 0.1) is 0 Å². The third-order valence-corrected chi connectivity index (χ3v) is 8.32. The Morgan fingerprint density at radius 3 is 2.41 bits per heavy atom. The van der Waals surface area contributed by atoms with Crippen LogP contribution in [0.25, 0.3) is 0 Å². The van der Waals surface area contributed by atoms with Gasteiger partial charge in [0.15, 0.2) is 0 Å². The van der Waals surface area contributed by atoms with Crippen molar-refractivity contribution in [2.24, 2.45) is 0 Å². The van der Waals surface area contributed by atoms with Gasteiger partial charge in [-0.25, -0.2) is 0 Å².